The molecule has 0 fully saturated rings. The molecule has 0 aliphatic carbocycles. The summed E-state index contributed by atoms with van der Waals surface area (Å²) in [5, 5.41) is 10.9. The molecule has 0 amide bonds. The minimum absolute atomic E-state index is 0.0932. The van der Waals surface area contributed by atoms with Crippen LogP contribution < -0.4 is 4.74 Å². The number of rotatable bonds is 7. The molecule has 1 unspecified atom stereocenters. The van der Waals surface area contributed by atoms with Gasteiger partial charge in [-0.05, 0) is 17.9 Å². The summed E-state index contributed by atoms with van der Waals surface area (Å²) in [6.45, 7) is 0.530. The fourth-order valence-corrected chi connectivity index (χ4v) is 2.82. The molecule has 19 heavy (non-hydrogen) atoms. The zero-order valence-corrected chi connectivity index (χ0v) is 11.6. The zero-order valence-electron chi connectivity index (χ0n) is 10.7. The first-order valence-corrected chi connectivity index (χ1v) is 7.86. The standard InChI is InChI=1S/C15H18O3S/c16-9-4-11-19(17)12-10-18-15-8-3-6-13-5-1-2-7-14(13)15/h1-3,5-8,16H,4,9-12H2. The van der Waals surface area contributed by atoms with Crippen molar-refractivity contribution in [1.82, 2.24) is 0 Å². The van der Waals surface area contributed by atoms with Gasteiger partial charge in [-0.15, -0.1) is 0 Å². The van der Waals surface area contributed by atoms with Gasteiger partial charge in [-0.25, -0.2) is 0 Å². The Morgan fingerprint density at radius 3 is 2.68 bits per heavy atom. The average Bonchev–Trinajstić information content (AvgIpc) is 2.45. The Morgan fingerprint density at radius 1 is 1.05 bits per heavy atom. The van der Waals surface area contributed by atoms with Crippen LogP contribution in [-0.2, 0) is 10.8 Å². The first kappa shape index (κ1) is 14.0. The predicted molar refractivity (Wildman–Crippen MR) is 79.0 cm³/mol. The average molecular weight is 278 g/mol. The third kappa shape index (κ3) is 4.04. The summed E-state index contributed by atoms with van der Waals surface area (Å²) in [4.78, 5) is 0. The smallest absolute Gasteiger partial charge is 0.127 e. The number of hydrogen-bond acceptors (Lipinski definition) is 3. The van der Waals surface area contributed by atoms with Crippen LogP contribution in [-0.4, -0.2) is 34.0 Å². The van der Waals surface area contributed by atoms with Crippen LogP contribution in [0.4, 0.5) is 0 Å². The molecule has 0 saturated heterocycles. The minimum atomic E-state index is -0.912. The first-order chi connectivity index (χ1) is 9.31. The van der Waals surface area contributed by atoms with Crippen molar-refractivity contribution >= 4 is 21.6 Å². The van der Waals surface area contributed by atoms with Crippen molar-refractivity contribution in [2.75, 3.05) is 24.7 Å². The molecule has 0 heterocycles. The van der Waals surface area contributed by atoms with Crippen LogP contribution in [0.15, 0.2) is 42.5 Å². The summed E-state index contributed by atoms with van der Waals surface area (Å²) < 4.78 is 17.3. The largest absolute Gasteiger partial charge is 0.492 e. The third-order valence-electron chi connectivity index (χ3n) is 2.85. The van der Waals surface area contributed by atoms with E-state index in [9.17, 15) is 4.21 Å². The van der Waals surface area contributed by atoms with E-state index in [2.05, 4.69) is 0 Å². The zero-order chi connectivity index (χ0) is 13.5. The summed E-state index contributed by atoms with van der Waals surface area (Å²) in [6, 6.07) is 14.0. The Balaban J connectivity index is 1.93. The molecule has 0 aliphatic rings. The number of benzene rings is 2. The second-order valence-corrected chi connectivity index (χ2v) is 5.95. The molecule has 0 aromatic heterocycles. The molecule has 0 aliphatic heterocycles. The van der Waals surface area contributed by atoms with Crippen molar-refractivity contribution in [2.24, 2.45) is 0 Å². The molecule has 0 spiro atoms. The van der Waals surface area contributed by atoms with Crippen LogP contribution in [0, 0.1) is 0 Å². The Hall–Kier alpha value is -1.39. The van der Waals surface area contributed by atoms with Crippen LogP contribution in [0.1, 0.15) is 6.42 Å². The van der Waals surface area contributed by atoms with Gasteiger partial charge < -0.3 is 9.84 Å². The molecule has 1 atom stereocenters. The predicted octanol–water partition coefficient (Wildman–Crippen LogP) is 2.35. The highest BCUT2D eigenvalue weighted by molar-refractivity contribution is 7.84. The third-order valence-corrected chi connectivity index (χ3v) is 4.21. The maximum atomic E-state index is 11.6. The van der Waals surface area contributed by atoms with Gasteiger partial charge in [0.05, 0.1) is 12.4 Å². The molecular formula is C15H18O3S. The lowest BCUT2D eigenvalue weighted by molar-refractivity contribution is 0.295. The second kappa shape index (κ2) is 7.26. The van der Waals surface area contributed by atoms with E-state index in [1.54, 1.807) is 0 Å². The Kier molecular flexibility index (Phi) is 5.36. The summed E-state index contributed by atoms with van der Waals surface area (Å²) in [7, 11) is -0.912. The normalized spacial score (nSPS) is 12.5. The lowest BCUT2D eigenvalue weighted by Gasteiger charge is -2.09. The Bertz CT molecular complexity index is 549. The Morgan fingerprint density at radius 2 is 1.84 bits per heavy atom. The highest BCUT2D eigenvalue weighted by atomic mass is 32.2. The summed E-state index contributed by atoms with van der Waals surface area (Å²) in [6.07, 6.45) is 0.584. The molecule has 2 aromatic carbocycles. The van der Waals surface area contributed by atoms with Gasteiger partial charge in [0.2, 0.25) is 0 Å². The molecule has 1 N–H and O–H groups in total. The SMILES string of the molecule is O=S(CCCO)CCOc1cccc2ccccc12. The van der Waals surface area contributed by atoms with E-state index in [4.69, 9.17) is 9.84 Å². The molecule has 102 valence electrons. The van der Waals surface area contributed by atoms with Crippen LogP contribution in [0.5, 0.6) is 5.75 Å². The van der Waals surface area contributed by atoms with E-state index in [0.29, 0.717) is 24.5 Å². The van der Waals surface area contributed by atoms with Crippen molar-refractivity contribution in [1.29, 1.82) is 0 Å². The molecular weight excluding hydrogens is 260 g/mol. The number of hydrogen-bond donors (Lipinski definition) is 1. The number of fused-ring (bicyclic) bond motifs is 1. The topological polar surface area (TPSA) is 46.5 Å². The second-order valence-electron chi connectivity index (χ2n) is 4.25. The maximum absolute atomic E-state index is 11.6. The van der Waals surface area contributed by atoms with Crippen molar-refractivity contribution in [3.05, 3.63) is 42.5 Å². The van der Waals surface area contributed by atoms with E-state index in [1.807, 2.05) is 42.5 Å². The molecule has 0 saturated carbocycles. The van der Waals surface area contributed by atoms with Crippen LogP contribution in [0.25, 0.3) is 10.8 Å². The van der Waals surface area contributed by atoms with Gasteiger partial charge in [0.25, 0.3) is 0 Å². The molecule has 4 heteroatoms. The minimum Gasteiger partial charge on any atom is -0.492 e. The van der Waals surface area contributed by atoms with Gasteiger partial charge in [-0.1, -0.05) is 36.4 Å². The summed E-state index contributed by atoms with van der Waals surface area (Å²) in [5.74, 6) is 1.87. The van der Waals surface area contributed by atoms with E-state index < -0.39 is 10.8 Å². The van der Waals surface area contributed by atoms with Gasteiger partial charge in [-0.2, -0.15) is 0 Å². The molecule has 2 rings (SSSR count). The molecule has 0 bridgehead atoms. The lowest BCUT2D eigenvalue weighted by atomic mass is 10.1. The lowest BCUT2D eigenvalue weighted by Crippen LogP contribution is -2.11. The highest BCUT2D eigenvalue weighted by Crippen LogP contribution is 2.24. The van der Waals surface area contributed by atoms with Crippen molar-refractivity contribution in [3.8, 4) is 5.75 Å². The van der Waals surface area contributed by atoms with Crippen molar-refractivity contribution in [3.63, 3.8) is 0 Å². The molecule has 2 aromatic rings. The number of ether oxygens (including phenoxy) is 1. The van der Waals surface area contributed by atoms with Crippen LogP contribution >= 0.6 is 0 Å². The highest BCUT2D eigenvalue weighted by Gasteiger charge is 2.03. The van der Waals surface area contributed by atoms with E-state index >= 15 is 0 Å². The molecule has 3 nitrogen and oxygen atoms in total. The van der Waals surface area contributed by atoms with Crippen LogP contribution in [0.3, 0.4) is 0 Å². The van der Waals surface area contributed by atoms with E-state index in [0.717, 1.165) is 16.5 Å². The fourth-order valence-electron chi connectivity index (χ4n) is 1.89. The number of aliphatic hydroxyl groups is 1. The van der Waals surface area contributed by atoms with E-state index in [-0.39, 0.29) is 6.61 Å². The quantitative estimate of drug-likeness (QED) is 0.845. The maximum Gasteiger partial charge on any atom is 0.127 e. The fraction of sp³-hybridized carbons (Fsp3) is 0.333. The van der Waals surface area contributed by atoms with Gasteiger partial charge in [0.1, 0.15) is 5.75 Å². The summed E-state index contributed by atoms with van der Waals surface area (Å²) >= 11 is 0. The van der Waals surface area contributed by atoms with Crippen molar-refractivity contribution in [2.45, 2.75) is 6.42 Å². The summed E-state index contributed by atoms with van der Waals surface area (Å²) in [5.41, 5.74) is 0. The van der Waals surface area contributed by atoms with Gasteiger partial charge in [-0.3, -0.25) is 4.21 Å². The van der Waals surface area contributed by atoms with Gasteiger partial charge in [0.15, 0.2) is 0 Å². The van der Waals surface area contributed by atoms with Gasteiger partial charge >= 0.3 is 0 Å². The van der Waals surface area contributed by atoms with E-state index in [1.165, 1.54) is 0 Å². The molecule has 0 radical (unpaired) electrons. The number of aliphatic hydroxyl groups excluding tert-OH is 1. The van der Waals surface area contributed by atoms with Crippen molar-refractivity contribution < 1.29 is 14.1 Å². The monoisotopic (exact) mass is 278 g/mol. The first-order valence-electron chi connectivity index (χ1n) is 6.37. The van der Waals surface area contributed by atoms with Gasteiger partial charge in [0, 0.05) is 28.5 Å². The Labute approximate surface area is 115 Å². The van der Waals surface area contributed by atoms with Crippen LogP contribution in [0.2, 0.25) is 0 Å².